The molecule has 23 heavy (non-hydrogen) atoms. The fraction of sp³-hybridized carbons (Fsp3) is 0.158. The van der Waals surface area contributed by atoms with Crippen molar-refractivity contribution < 1.29 is 4.79 Å². The zero-order valence-corrected chi connectivity index (χ0v) is 12.6. The van der Waals surface area contributed by atoms with Gasteiger partial charge in [0.1, 0.15) is 5.82 Å². The molecule has 0 bridgehead atoms. The van der Waals surface area contributed by atoms with Gasteiger partial charge >= 0.3 is 6.03 Å². The lowest BCUT2D eigenvalue weighted by Gasteiger charge is -2.20. The van der Waals surface area contributed by atoms with E-state index in [4.69, 9.17) is 0 Å². The van der Waals surface area contributed by atoms with Crippen LogP contribution in [-0.2, 0) is 5.54 Å². The van der Waals surface area contributed by atoms with E-state index < -0.39 is 0 Å². The first-order chi connectivity index (χ1) is 11.3. The molecule has 0 aliphatic heterocycles. The summed E-state index contributed by atoms with van der Waals surface area (Å²) in [6.07, 6.45) is 3.57. The molecule has 3 aromatic rings. The number of carbonyl (C=O) groups is 1. The van der Waals surface area contributed by atoms with E-state index in [9.17, 15) is 4.79 Å². The van der Waals surface area contributed by atoms with Crippen molar-refractivity contribution in [2.24, 2.45) is 0 Å². The third kappa shape index (κ3) is 2.63. The van der Waals surface area contributed by atoms with E-state index in [1.165, 1.54) is 16.3 Å². The average molecular weight is 303 g/mol. The molecule has 4 rings (SSSR count). The van der Waals surface area contributed by atoms with Crippen LogP contribution in [0.3, 0.4) is 0 Å². The molecule has 114 valence electrons. The Morgan fingerprint density at radius 2 is 1.74 bits per heavy atom. The van der Waals surface area contributed by atoms with Crippen LogP contribution in [0, 0.1) is 0 Å². The lowest BCUT2D eigenvalue weighted by atomic mass is 9.97. The van der Waals surface area contributed by atoms with Gasteiger partial charge < -0.3 is 5.32 Å². The third-order valence-electron chi connectivity index (χ3n) is 4.31. The van der Waals surface area contributed by atoms with Crippen molar-refractivity contribution in [3.8, 4) is 0 Å². The average Bonchev–Trinajstić information content (AvgIpc) is 3.35. The number of urea groups is 1. The number of amides is 2. The SMILES string of the molecule is O=C(Nc1ccccn1)NC1(c2cccc3ccccc23)CC1. The minimum absolute atomic E-state index is 0.214. The molecule has 1 aromatic heterocycles. The fourth-order valence-corrected chi connectivity index (χ4v) is 3.03. The zero-order chi connectivity index (χ0) is 15.7. The van der Waals surface area contributed by atoms with Crippen molar-refractivity contribution >= 4 is 22.6 Å². The number of rotatable bonds is 3. The van der Waals surface area contributed by atoms with E-state index in [2.05, 4.69) is 45.9 Å². The van der Waals surface area contributed by atoms with Gasteiger partial charge in [-0.3, -0.25) is 5.32 Å². The van der Waals surface area contributed by atoms with E-state index >= 15 is 0 Å². The molecule has 0 unspecified atom stereocenters. The largest absolute Gasteiger partial charge is 0.328 e. The van der Waals surface area contributed by atoms with Crippen LogP contribution in [0.4, 0.5) is 10.6 Å². The highest BCUT2D eigenvalue weighted by Crippen LogP contribution is 2.47. The summed E-state index contributed by atoms with van der Waals surface area (Å²) < 4.78 is 0. The highest BCUT2D eigenvalue weighted by molar-refractivity contribution is 5.91. The normalized spacial score (nSPS) is 15.1. The highest BCUT2D eigenvalue weighted by atomic mass is 16.2. The minimum Gasteiger partial charge on any atom is -0.328 e. The molecular formula is C19H17N3O. The number of hydrogen-bond donors (Lipinski definition) is 2. The summed E-state index contributed by atoms with van der Waals surface area (Å²) in [5, 5.41) is 8.33. The fourth-order valence-electron chi connectivity index (χ4n) is 3.03. The first-order valence-electron chi connectivity index (χ1n) is 7.75. The Morgan fingerprint density at radius 3 is 2.52 bits per heavy atom. The van der Waals surface area contributed by atoms with Crippen LogP contribution in [0.25, 0.3) is 10.8 Å². The summed E-state index contributed by atoms with van der Waals surface area (Å²) in [6, 6.07) is 19.8. The second-order valence-electron chi connectivity index (χ2n) is 5.90. The van der Waals surface area contributed by atoms with E-state index in [1.807, 2.05) is 24.3 Å². The molecule has 2 amide bonds. The number of nitrogens with one attached hydrogen (secondary N) is 2. The molecule has 1 aliphatic rings. The van der Waals surface area contributed by atoms with Crippen LogP contribution < -0.4 is 10.6 Å². The molecule has 4 nitrogen and oxygen atoms in total. The minimum atomic E-state index is -0.264. The summed E-state index contributed by atoms with van der Waals surface area (Å²) >= 11 is 0. The van der Waals surface area contributed by atoms with Gasteiger partial charge in [-0.2, -0.15) is 0 Å². The Kier molecular flexibility index (Phi) is 3.23. The first kappa shape index (κ1) is 13.8. The number of hydrogen-bond acceptors (Lipinski definition) is 2. The maximum Gasteiger partial charge on any atom is 0.321 e. The molecule has 1 fully saturated rings. The van der Waals surface area contributed by atoms with Crippen LogP contribution in [-0.4, -0.2) is 11.0 Å². The molecule has 0 radical (unpaired) electrons. The third-order valence-corrected chi connectivity index (χ3v) is 4.31. The van der Waals surface area contributed by atoms with Crippen LogP contribution >= 0.6 is 0 Å². The zero-order valence-electron chi connectivity index (χ0n) is 12.6. The quantitative estimate of drug-likeness (QED) is 0.767. The van der Waals surface area contributed by atoms with Crippen molar-refractivity contribution in [2.45, 2.75) is 18.4 Å². The second kappa shape index (κ2) is 5.39. The summed E-state index contributed by atoms with van der Waals surface area (Å²) in [7, 11) is 0. The molecule has 1 saturated carbocycles. The Labute approximate surface area is 134 Å². The molecule has 2 N–H and O–H groups in total. The second-order valence-corrected chi connectivity index (χ2v) is 5.90. The van der Waals surface area contributed by atoms with Gasteiger partial charge in [0.25, 0.3) is 0 Å². The number of carbonyl (C=O) groups excluding carboxylic acids is 1. The monoisotopic (exact) mass is 303 g/mol. The summed E-state index contributed by atoms with van der Waals surface area (Å²) in [5.74, 6) is 0.554. The van der Waals surface area contributed by atoms with Crippen LogP contribution in [0.2, 0.25) is 0 Å². The van der Waals surface area contributed by atoms with Gasteiger partial charge in [-0.25, -0.2) is 9.78 Å². The maximum atomic E-state index is 12.3. The summed E-state index contributed by atoms with van der Waals surface area (Å²) in [4.78, 5) is 16.4. The van der Waals surface area contributed by atoms with Gasteiger partial charge in [0, 0.05) is 6.20 Å². The molecular weight excluding hydrogens is 286 g/mol. The molecule has 0 spiro atoms. The number of pyridine rings is 1. The van der Waals surface area contributed by atoms with Crippen molar-refractivity contribution in [2.75, 3.05) is 5.32 Å². The lowest BCUT2D eigenvalue weighted by Crippen LogP contribution is -2.38. The van der Waals surface area contributed by atoms with Gasteiger partial charge in [0.2, 0.25) is 0 Å². The smallest absolute Gasteiger partial charge is 0.321 e. The molecule has 1 aliphatic carbocycles. The maximum absolute atomic E-state index is 12.3. The van der Waals surface area contributed by atoms with Gasteiger partial charge in [0.05, 0.1) is 5.54 Å². The molecule has 2 aromatic carbocycles. The van der Waals surface area contributed by atoms with Gasteiger partial charge in [-0.15, -0.1) is 0 Å². The van der Waals surface area contributed by atoms with Crippen LogP contribution in [0.1, 0.15) is 18.4 Å². The Bertz CT molecular complexity index is 851. The molecule has 1 heterocycles. The van der Waals surface area contributed by atoms with Crippen molar-refractivity contribution in [3.63, 3.8) is 0 Å². The van der Waals surface area contributed by atoms with E-state index in [0.29, 0.717) is 5.82 Å². The Hall–Kier alpha value is -2.88. The summed E-state index contributed by atoms with van der Waals surface area (Å²) in [6.45, 7) is 0. The number of benzene rings is 2. The van der Waals surface area contributed by atoms with Crippen LogP contribution in [0.5, 0.6) is 0 Å². The standard InChI is InChI=1S/C19H17N3O/c23-18(21-17-10-3-4-13-20-17)22-19(11-12-19)16-9-5-7-14-6-1-2-8-15(14)16/h1-10,13H,11-12H2,(H2,20,21,22,23). The predicted molar refractivity (Wildman–Crippen MR) is 91.3 cm³/mol. The first-order valence-corrected chi connectivity index (χ1v) is 7.75. The van der Waals surface area contributed by atoms with Gasteiger partial charge in [-0.1, -0.05) is 48.5 Å². The number of fused-ring (bicyclic) bond motifs is 1. The lowest BCUT2D eigenvalue weighted by molar-refractivity contribution is 0.247. The van der Waals surface area contributed by atoms with E-state index in [-0.39, 0.29) is 11.6 Å². The molecule has 0 atom stereocenters. The number of aromatic nitrogens is 1. The summed E-state index contributed by atoms with van der Waals surface area (Å²) in [5.41, 5.74) is 0.923. The topological polar surface area (TPSA) is 54.0 Å². The van der Waals surface area contributed by atoms with Crippen molar-refractivity contribution in [3.05, 3.63) is 72.4 Å². The Balaban J connectivity index is 1.59. The number of anilines is 1. The Morgan fingerprint density at radius 1 is 0.957 bits per heavy atom. The molecule has 4 heteroatoms. The van der Waals surface area contributed by atoms with Gasteiger partial charge in [-0.05, 0) is 41.3 Å². The van der Waals surface area contributed by atoms with Crippen LogP contribution in [0.15, 0.2) is 66.9 Å². The molecule has 0 saturated heterocycles. The predicted octanol–water partition coefficient (Wildman–Crippen LogP) is 4.05. The van der Waals surface area contributed by atoms with E-state index in [1.54, 1.807) is 12.3 Å². The van der Waals surface area contributed by atoms with Crippen molar-refractivity contribution in [1.82, 2.24) is 10.3 Å². The highest BCUT2D eigenvalue weighted by Gasteiger charge is 2.46. The number of nitrogens with zero attached hydrogens (tertiary/aromatic N) is 1. The van der Waals surface area contributed by atoms with Crippen molar-refractivity contribution in [1.29, 1.82) is 0 Å². The van der Waals surface area contributed by atoms with E-state index in [0.717, 1.165) is 12.8 Å². The van der Waals surface area contributed by atoms with Gasteiger partial charge in [0.15, 0.2) is 0 Å².